The fraction of sp³-hybridized carbons (Fsp3) is 0.385. The normalized spacial score (nSPS) is 17.0. The largest absolute Gasteiger partial charge is 0.356 e. The van der Waals surface area contributed by atoms with Gasteiger partial charge in [-0.15, -0.1) is 0 Å². The van der Waals surface area contributed by atoms with E-state index in [-0.39, 0.29) is 5.91 Å². The van der Waals surface area contributed by atoms with Crippen LogP contribution in [0.1, 0.15) is 43.2 Å². The van der Waals surface area contributed by atoms with Gasteiger partial charge in [-0.25, -0.2) is 4.98 Å². The van der Waals surface area contributed by atoms with Crippen LogP contribution in [0.15, 0.2) is 54.6 Å². The summed E-state index contributed by atoms with van der Waals surface area (Å²) in [4.78, 5) is 21.5. The summed E-state index contributed by atoms with van der Waals surface area (Å²) in [7, 11) is 0. The van der Waals surface area contributed by atoms with E-state index in [4.69, 9.17) is 4.98 Å². The van der Waals surface area contributed by atoms with Crippen LogP contribution in [-0.4, -0.2) is 30.5 Å². The summed E-state index contributed by atoms with van der Waals surface area (Å²) in [5.74, 6) is 1.36. The van der Waals surface area contributed by atoms with E-state index in [1.807, 2.05) is 11.0 Å². The van der Waals surface area contributed by atoms with Crippen molar-refractivity contribution in [2.45, 2.75) is 45.2 Å². The van der Waals surface area contributed by atoms with Gasteiger partial charge in [0.2, 0.25) is 5.91 Å². The summed E-state index contributed by atoms with van der Waals surface area (Å²) in [5.41, 5.74) is 4.54. The maximum absolute atomic E-state index is 12.1. The second-order valence-corrected chi connectivity index (χ2v) is 8.63. The van der Waals surface area contributed by atoms with Crippen molar-refractivity contribution in [3.05, 3.63) is 65.7 Å². The molecule has 3 heterocycles. The Labute approximate surface area is 184 Å². The average Bonchev–Trinajstić information content (AvgIpc) is 3.25. The van der Waals surface area contributed by atoms with Crippen LogP contribution < -0.4 is 15.1 Å². The van der Waals surface area contributed by atoms with Crippen LogP contribution in [0.5, 0.6) is 0 Å². The number of anilines is 2. The van der Waals surface area contributed by atoms with E-state index in [0.717, 1.165) is 56.2 Å². The zero-order valence-corrected chi connectivity index (χ0v) is 18.0. The molecule has 5 nitrogen and oxygen atoms in total. The lowest BCUT2D eigenvalue weighted by atomic mass is 10.1. The first-order valence-corrected chi connectivity index (χ1v) is 11.5. The molecular formula is C26H30N4O. The van der Waals surface area contributed by atoms with Crippen molar-refractivity contribution in [2.24, 2.45) is 0 Å². The predicted octanol–water partition coefficient (Wildman–Crippen LogP) is 4.64. The molecule has 3 aromatic rings. The number of para-hydroxylation sites is 1. The number of aromatic nitrogens is 1. The monoisotopic (exact) mass is 414 g/mol. The zero-order valence-electron chi connectivity index (χ0n) is 18.0. The lowest BCUT2D eigenvalue weighted by molar-refractivity contribution is -0.117. The van der Waals surface area contributed by atoms with Gasteiger partial charge in [-0.2, -0.15) is 0 Å². The average molecular weight is 415 g/mol. The first kappa shape index (κ1) is 20.0. The van der Waals surface area contributed by atoms with Crippen LogP contribution in [0.4, 0.5) is 11.5 Å². The molecule has 0 radical (unpaired) electrons. The molecule has 2 aliphatic heterocycles. The van der Waals surface area contributed by atoms with Gasteiger partial charge >= 0.3 is 0 Å². The van der Waals surface area contributed by atoms with Crippen molar-refractivity contribution in [1.29, 1.82) is 0 Å². The first-order valence-electron chi connectivity index (χ1n) is 11.5. The first-order chi connectivity index (χ1) is 15.3. The second kappa shape index (κ2) is 9.06. The number of hydrogen-bond acceptors (Lipinski definition) is 4. The number of fused-ring (bicyclic) bond motifs is 1. The SMILES string of the molecule is O=C1CCCN1c1cccc(CNCc2cc3ccccc3nc2N2CCCCC2)c1. The van der Waals surface area contributed by atoms with Crippen LogP contribution in [-0.2, 0) is 17.9 Å². The van der Waals surface area contributed by atoms with Crippen molar-refractivity contribution in [1.82, 2.24) is 10.3 Å². The Morgan fingerprint density at radius 3 is 2.58 bits per heavy atom. The minimum atomic E-state index is 0.235. The third-order valence-corrected chi connectivity index (χ3v) is 6.38. The fourth-order valence-electron chi connectivity index (χ4n) is 4.76. The van der Waals surface area contributed by atoms with Crippen LogP contribution >= 0.6 is 0 Å². The van der Waals surface area contributed by atoms with Crippen LogP contribution in [0, 0.1) is 0 Å². The number of benzene rings is 2. The third kappa shape index (κ3) is 4.42. The summed E-state index contributed by atoms with van der Waals surface area (Å²) in [5, 5.41) is 4.81. The van der Waals surface area contributed by atoms with Crippen molar-refractivity contribution in [3.63, 3.8) is 0 Å². The number of nitrogens with one attached hydrogen (secondary N) is 1. The summed E-state index contributed by atoms with van der Waals surface area (Å²) < 4.78 is 0. The Balaban J connectivity index is 1.33. The van der Waals surface area contributed by atoms with Gasteiger partial charge in [-0.1, -0.05) is 30.3 Å². The van der Waals surface area contributed by atoms with Gasteiger partial charge in [-0.3, -0.25) is 4.79 Å². The molecule has 5 heteroatoms. The van der Waals surface area contributed by atoms with Crippen molar-refractivity contribution in [3.8, 4) is 0 Å². The van der Waals surface area contributed by atoms with E-state index in [2.05, 4.69) is 58.7 Å². The molecule has 0 atom stereocenters. The molecule has 160 valence electrons. The van der Waals surface area contributed by atoms with Crippen LogP contribution in [0.2, 0.25) is 0 Å². The number of carbonyl (C=O) groups is 1. The summed E-state index contributed by atoms with van der Waals surface area (Å²) in [6.07, 6.45) is 5.41. The number of rotatable bonds is 6. The zero-order chi connectivity index (χ0) is 21.0. The van der Waals surface area contributed by atoms with Gasteiger partial charge in [0.05, 0.1) is 5.52 Å². The number of amides is 1. The van der Waals surface area contributed by atoms with Crippen molar-refractivity contribution >= 4 is 28.3 Å². The number of nitrogens with zero attached hydrogens (tertiary/aromatic N) is 3. The molecule has 0 spiro atoms. The van der Waals surface area contributed by atoms with Crippen LogP contribution in [0.25, 0.3) is 10.9 Å². The van der Waals surface area contributed by atoms with E-state index in [0.29, 0.717) is 6.42 Å². The molecule has 5 rings (SSSR count). The predicted molar refractivity (Wildman–Crippen MR) is 126 cm³/mol. The van der Waals surface area contributed by atoms with Gasteiger partial charge in [-0.05, 0) is 55.5 Å². The van der Waals surface area contributed by atoms with Crippen molar-refractivity contribution < 1.29 is 4.79 Å². The quantitative estimate of drug-likeness (QED) is 0.638. The van der Waals surface area contributed by atoms with Crippen molar-refractivity contribution in [2.75, 3.05) is 29.4 Å². The van der Waals surface area contributed by atoms with Crippen LogP contribution in [0.3, 0.4) is 0 Å². The van der Waals surface area contributed by atoms with E-state index in [1.165, 1.54) is 35.8 Å². The molecule has 1 aromatic heterocycles. The molecule has 1 amide bonds. The Morgan fingerprint density at radius 2 is 1.74 bits per heavy atom. The van der Waals surface area contributed by atoms with E-state index in [1.54, 1.807) is 0 Å². The topological polar surface area (TPSA) is 48.5 Å². The standard InChI is InChI=1S/C26H30N4O/c31-25-12-7-15-30(25)23-10-6-8-20(16-23)18-27-19-22-17-21-9-2-3-11-24(21)28-26(22)29-13-4-1-5-14-29/h2-3,6,8-11,16-17,27H,1,4-5,7,12-15,18-19H2. The number of pyridine rings is 1. The highest BCUT2D eigenvalue weighted by molar-refractivity contribution is 5.95. The number of carbonyl (C=O) groups excluding carboxylic acids is 1. The van der Waals surface area contributed by atoms with E-state index < -0.39 is 0 Å². The molecule has 2 saturated heterocycles. The van der Waals surface area contributed by atoms with E-state index in [9.17, 15) is 4.79 Å². The van der Waals surface area contributed by atoms with Gasteiger partial charge in [0.15, 0.2) is 0 Å². The minimum Gasteiger partial charge on any atom is -0.356 e. The molecule has 2 aromatic carbocycles. The molecule has 2 fully saturated rings. The van der Waals surface area contributed by atoms with E-state index >= 15 is 0 Å². The molecule has 1 N–H and O–H groups in total. The number of hydrogen-bond donors (Lipinski definition) is 1. The highest BCUT2D eigenvalue weighted by atomic mass is 16.2. The third-order valence-electron chi connectivity index (χ3n) is 6.38. The molecule has 2 aliphatic rings. The Hall–Kier alpha value is -2.92. The second-order valence-electron chi connectivity index (χ2n) is 8.63. The van der Waals surface area contributed by atoms with Gasteiger partial charge < -0.3 is 15.1 Å². The highest BCUT2D eigenvalue weighted by Gasteiger charge is 2.21. The Morgan fingerprint density at radius 1 is 0.871 bits per heavy atom. The lowest BCUT2D eigenvalue weighted by Crippen LogP contribution is -2.31. The fourth-order valence-corrected chi connectivity index (χ4v) is 4.76. The van der Waals surface area contributed by atoms with Gasteiger partial charge in [0, 0.05) is 55.8 Å². The summed E-state index contributed by atoms with van der Waals surface area (Å²) >= 11 is 0. The van der Waals surface area contributed by atoms with Gasteiger partial charge in [0.25, 0.3) is 0 Å². The maximum atomic E-state index is 12.1. The molecular weight excluding hydrogens is 384 g/mol. The highest BCUT2D eigenvalue weighted by Crippen LogP contribution is 2.27. The molecule has 31 heavy (non-hydrogen) atoms. The lowest BCUT2D eigenvalue weighted by Gasteiger charge is -2.30. The number of piperidine rings is 1. The Kier molecular flexibility index (Phi) is 5.85. The smallest absolute Gasteiger partial charge is 0.227 e. The Bertz CT molecular complexity index is 1070. The molecule has 0 saturated carbocycles. The molecule has 0 aliphatic carbocycles. The van der Waals surface area contributed by atoms with Gasteiger partial charge in [0.1, 0.15) is 5.82 Å². The summed E-state index contributed by atoms with van der Waals surface area (Å²) in [6.45, 7) is 4.55. The molecule has 0 bridgehead atoms. The maximum Gasteiger partial charge on any atom is 0.227 e. The molecule has 0 unspecified atom stereocenters. The summed E-state index contributed by atoms with van der Waals surface area (Å²) in [6, 6.07) is 19.0. The minimum absolute atomic E-state index is 0.235.